The second-order valence-corrected chi connectivity index (χ2v) is 13.1. The van der Waals surface area contributed by atoms with Gasteiger partial charge in [-0.1, -0.05) is 5.11 Å². The number of hydrogen-bond donors (Lipinski definition) is 5. The Kier molecular flexibility index (Phi) is 10.8. The predicted octanol–water partition coefficient (Wildman–Crippen LogP) is 1.42. The summed E-state index contributed by atoms with van der Waals surface area (Å²) >= 11 is 0. The molecule has 1 saturated heterocycles. The van der Waals surface area contributed by atoms with Crippen LogP contribution in [-0.2, 0) is 42.9 Å². The Labute approximate surface area is 243 Å². The Morgan fingerprint density at radius 1 is 1.23 bits per heavy atom. The Balaban J connectivity index is 1.90. The number of nitro benzene ring substituents is 1. The number of aromatic nitrogens is 2. The molecule has 1 aliphatic heterocycles. The van der Waals surface area contributed by atoms with Crippen LogP contribution >= 0.6 is 23.5 Å². The summed E-state index contributed by atoms with van der Waals surface area (Å²) in [6.45, 7) is -0.233. The third-order valence-corrected chi connectivity index (χ3v) is 9.34. The van der Waals surface area contributed by atoms with Gasteiger partial charge in [0.05, 0.1) is 23.6 Å². The molecule has 0 saturated carbocycles. The summed E-state index contributed by atoms with van der Waals surface area (Å²) in [6.07, 6.45) is -3.61. The Morgan fingerprint density at radius 2 is 1.91 bits per heavy atom. The lowest BCUT2D eigenvalue weighted by Crippen LogP contribution is -2.33. The predicted molar refractivity (Wildman–Crippen MR) is 140 cm³/mol. The van der Waals surface area contributed by atoms with Gasteiger partial charge in [0.1, 0.15) is 18.4 Å². The van der Waals surface area contributed by atoms with Crippen LogP contribution in [-0.4, -0.2) is 58.8 Å². The number of nitro groups is 1. The fourth-order valence-electron chi connectivity index (χ4n) is 3.75. The number of nitrogens with zero attached hydrogens (tertiary/aromatic N) is 5. The zero-order chi connectivity index (χ0) is 33.0. The van der Waals surface area contributed by atoms with Crippen molar-refractivity contribution in [3.8, 4) is 0 Å². The molecule has 44 heavy (non-hydrogen) atoms. The van der Waals surface area contributed by atoms with Crippen molar-refractivity contribution < 1.29 is 65.6 Å². The van der Waals surface area contributed by atoms with Crippen LogP contribution in [0.15, 0.2) is 39.1 Å². The molecule has 1 fully saturated rings. The van der Waals surface area contributed by atoms with Crippen molar-refractivity contribution in [3.63, 3.8) is 0 Å². The minimum Gasteiger partial charge on any atom is -0.456 e. The number of H-pyrrole nitrogens is 1. The van der Waals surface area contributed by atoms with E-state index in [-0.39, 0.29) is 23.1 Å². The molecule has 1 aliphatic rings. The van der Waals surface area contributed by atoms with E-state index in [1.807, 2.05) is 4.98 Å². The van der Waals surface area contributed by atoms with E-state index in [2.05, 4.69) is 23.2 Å². The molecule has 1 aromatic carbocycles. The van der Waals surface area contributed by atoms with Crippen molar-refractivity contribution in [2.45, 2.75) is 38.3 Å². The topological polar surface area (TPSA) is 342 Å². The summed E-state index contributed by atoms with van der Waals surface area (Å²) in [4.78, 5) is 88.7. The molecule has 2 aromatic rings. The summed E-state index contributed by atoms with van der Waals surface area (Å²) in [5.41, 5.74) is 6.16. The van der Waals surface area contributed by atoms with Gasteiger partial charge in [-0.25, -0.2) is 23.3 Å². The van der Waals surface area contributed by atoms with Crippen LogP contribution in [0.4, 0.5) is 5.69 Å². The van der Waals surface area contributed by atoms with Gasteiger partial charge in [-0.05, 0) is 24.1 Å². The molecule has 5 atom stereocenters. The lowest BCUT2D eigenvalue weighted by atomic mass is 10.1. The van der Waals surface area contributed by atoms with Crippen molar-refractivity contribution in [2.75, 3.05) is 6.61 Å². The normalized spacial score (nSPS) is 21.1. The SMILES string of the molecule is Cc1cn([C@H]2C[C@@H](OC(=O)c3ccc([N+](=O)[O-])cc3CN=[N+]=[N-])[C@@H](COP(=O)(O)OP(=O)(O)OP(=O)(O)O)O2)c(=O)[nH]c1=O. The van der Waals surface area contributed by atoms with Crippen LogP contribution in [0.5, 0.6) is 0 Å². The van der Waals surface area contributed by atoms with Crippen LogP contribution in [0.25, 0.3) is 10.4 Å². The van der Waals surface area contributed by atoms with Gasteiger partial charge in [0, 0.05) is 35.2 Å². The number of benzene rings is 1. The molecular formula is C18H21N6O17P3. The van der Waals surface area contributed by atoms with E-state index < -0.39 is 82.9 Å². The largest absolute Gasteiger partial charge is 0.490 e. The molecule has 2 unspecified atom stereocenters. The number of non-ortho nitro benzene ring substituents is 1. The van der Waals surface area contributed by atoms with Crippen LogP contribution in [0.1, 0.15) is 34.1 Å². The fourth-order valence-corrected chi connectivity index (χ4v) is 6.78. The van der Waals surface area contributed by atoms with Crippen molar-refractivity contribution in [3.05, 3.63) is 82.5 Å². The smallest absolute Gasteiger partial charge is 0.456 e. The minimum atomic E-state index is -5.87. The van der Waals surface area contributed by atoms with Gasteiger partial charge < -0.3 is 29.0 Å². The maximum atomic E-state index is 13.1. The summed E-state index contributed by atoms with van der Waals surface area (Å²) in [7, 11) is -17.2. The highest BCUT2D eigenvalue weighted by atomic mass is 31.3. The number of aromatic amines is 1. The van der Waals surface area contributed by atoms with Gasteiger partial charge in [0.15, 0.2) is 0 Å². The van der Waals surface area contributed by atoms with E-state index in [0.29, 0.717) is 0 Å². The first kappa shape index (κ1) is 34.9. The molecule has 240 valence electrons. The Bertz CT molecular complexity index is 1760. The molecule has 5 N–H and O–H groups in total. The van der Waals surface area contributed by atoms with Crippen LogP contribution in [0.3, 0.4) is 0 Å². The van der Waals surface area contributed by atoms with E-state index in [1.165, 1.54) is 6.92 Å². The highest BCUT2D eigenvalue weighted by molar-refractivity contribution is 7.66. The molecule has 0 bridgehead atoms. The molecule has 2 heterocycles. The lowest BCUT2D eigenvalue weighted by molar-refractivity contribution is -0.384. The second-order valence-electron chi connectivity index (χ2n) is 8.66. The standard InChI is InChI=1S/C18H21N6O17P3/c1-9-7-23(18(27)21-16(9)25)15-5-13(14(38-15)8-37-43(33,34)41-44(35,36)40-42(30,31)32)39-17(26)12-3-2-11(24(28)29)4-10(12)6-20-22-19/h2-4,7,13-15H,5-6,8H2,1H3,(H,33,34)(H,35,36)(H,21,25,27)(H2,30,31,32)/t13-,14-,15-/m1/s1. The maximum Gasteiger partial charge on any atom is 0.490 e. The van der Waals surface area contributed by atoms with Crippen LogP contribution in [0.2, 0.25) is 0 Å². The number of aryl methyl sites for hydroxylation is 1. The molecule has 0 spiro atoms. The van der Waals surface area contributed by atoms with E-state index in [0.717, 1.165) is 29.0 Å². The van der Waals surface area contributed by atoms with E-state index in [1.54, 1.807) is 0 Å². The Morgan fingerprint density at radius 3 is 2.52 bits per heavy atom. The number of nitrogens with one attached hydrogen (secondary N) is 1. The third-order valence-electron chi connectivity index (χ3n) is 5.54. The zero-order valence-electron chi connectivity index (χ0n) is 21.8. The number of carbonyl (C=O) groups excluding carboxylic acids is 1. The van der Waals surface area contributed by atoms with Crippen molar-refractivity contribution in [1.82, 2.24) is 9.55 Å². The summed E-state index contributed by atoms with van der Waals surface area (Å²) in [5.74, 6) is -1.16. The number of azide groups is 1. The molecular weight excluding hydrogens is 665 g/mol. The highest BCUT2D eigenvalue weighted by Crippen LogP contribution is 2.66. The number of esters is 1. The summed E-state index contributed by atoms with van der Waals surface area (Å²) < 4.78 is 58.5. The monoisotopic (exact) mass is 686 g/mol. The number of phosphoric ester groups is 1. The fraction of sp³-hybridized carbons (Fsp3) is 0.389. The van der Waals surface area contributed by atoms with Gasteiger partial charge in [0.25, 0.3) is 11.2 Å². The van der Waals surface area contributed by atoms with Gasteiger partial charge in [0.2, 0.25) is 0 Å². The van der Waals surface area contributed by atoms with Crippen molar-refractivity contribution in [1.29, 1.82) is 0 Å². The highest BCUT2D eigenvalue weighted by Gasteiger charge is 2.44. The lowest BCUT2D eigenvalue weighted by Gasteiger charge is -2.21. The summed E-state index contributed by atoms with van der Waals surface area (Å²) in [6, 6.07) is 2.92. The van der Waals surface area contributed by atoms with Crippen LogP contribution < -0.4 is 11.2 Å². The second kappa shape index (κ2) is 13.6. The van der Waals surface area contributed by atoms with E-state index >= 15 is 0 Å². The van der Waals surface area contributed by atoms with Crippen molar-refractivity contribution in [2.24, 2.45) is 5.11 Å². The third kappa shape index (κ3) is 9.47. The first-order chi connectivity index (χ1) is 20.3. The Hall–Kier alpha value is -3.55. The molecule has 0 aliphatic carbocycles. The molecule has 1 aromatic heterocycles. The number of rotatable bonds is 13. The quantitative estimate of drug-likeness (QED) is 0.0378. The molecule has 3 rings (SSSR count). The van der Waals surface area contributed by atoms with Crippen molar-refractivity contribution >= 4 is 35.1 Å². The molecule has 0 amide bonds. The van der Waals surface area contributed by atoms with Gasteiger partial charge in [-0.15, -0.1) is 0 Å². The van der Waals surface area contributed by atoms with Gasteiger partial charge in [-0.3, -0.25) is 29.0 Å². The number of ether oxygens (including phenoxy) is 2. The zero-order valence-corrected chi connectivity index (χ0v) is 24.5. The number of carbonyl (C=O) groups is 1. The average molecular weight is 686 g/mol. The molecule has 0 radical (unpaired) electrons. The average Bonchev–Trinajstić information content (AvgIpc) is 3.28. The first-order valence-corrected chi connectivity index (χ1v) is 16.1. The van der Waals surface area contributed by atoms with E-state index in [9.17, 15) is 48.0 Å². The molecule has 26 heteroatoms. The maximum absolute atomic E-state index is 13.1. The molecule has 23 nitrogen and oxygen atoms in total. The van der Waals surface area contributed by atoms with Crippen LogP contribution in [0, 0.1) is 17.0 Å². The van der Waals surface area contributed by atoms with E-state index in [4.69, 9.17) is 24.8 Å². The summed E-state index contributed by atoms with van der Waals surface area (Å²) in [5, 5.41) is 14.4. The number of hydrogen-bond acceptors (Lipinski definition) is 14. The van der Waals surface area contributed by atoms with Gasteiger partial charge >= 0.3 is 35.1 Å². The number of phosphoric acid groups is 3. The first-order valence-electron chi connectivity index (χ1n) is 11.6. The van der Waals surface area contributed by atoms with Gasteiger partial charge in [-0.2, -0.15) is 8.62 Å². The minimum absolute atomic E-state index is 0.0621.